The summed E-state index contributed by atoms with van der Waals surface area (Å²) in [5.74, 6) is -4.11. The molecule has 1 aromatic rings. The van der Waals surface area contributed by atoms with Gasteiger partial charge in [0.1, 0.15) is 0 Å². The molecule has 0 amide bonds. The SMILES string of the molecule is CCOC(=O)C1(C(=O)OCC)C[C@@H](C[Si](C)(C)Cc2ccccc2)[C@H](C)CC1(C(=O)OCC)C(=O)OCC. The van der Waals surface area contributed by atoms with E-state index in [4.69, 9.17) is 18.9 Å². The fourth-order valence-electron chi connectivity index (χ4n) is 6.01. The maximum atomic E-state index is 13.9. The molecule has 0 aromatic heterocycles. The van der Waals surface area contributed by atoms with Crippen molar-refractivity contribution in [2.75, 3.05) is 26.4 Å². The van der Waals surface area contributed by atoms with E-state index >= 15 is 0 Å². The van der Waals surface area contributed by atoms with Crippen LogP contribution < -0.4 is 0 Å². The van der Waals surface area contributed by atoms with Crippen molar-refractivity contribution in [1.82, 2.24) is 0 Å². The lowest BCUT2D eigenvalue weighted by molar-refractivity contribution is -0.213. The summed E-state index contributed by atoms with van der Waals surface area (Å²) in [6.07, 6.45) is -0.141. The first-order valence-electron chi connectivity index (χ1n) is 13.7. The van der Waals surface area contributed by atoms with E-state index in [0.29, 0.717) is 0 Å². The summed E-state index contributed by atoms with van der Waals surface area (Å²) in [5, 5.41) is 0. The third-order valence-corrected chi connectivity index (χ3v) is 10.6. The van der Waals surface area contributed by atoms with Gasteiger partial charge in [-0.1, -0.05) is 62.0 Å². The van der Waals surface area contributed by atoms with Gasteiger partial charge in [0.25, 0.3) is 0 Å². The highest BCUT2D eigenvalue weighted by atomic mass is 28.3. The summed E-state index contributed by atoms with van der Waals surface area (Å²) in [6.45, 7) is 12.9. The molecule has 0 N–H and O–H groups in total. The number of hydrogen-bond acceptors (Lipinski definition) is 8. The van der Waals surface area contributed by atoms with Gasteiger partial charge in [0.05, 0.1) is 34.5 Å². The van der Waals surface area contributed by atoms with Gasteiger partial charge in [-0.2, -0.15) is 0 Å². The van der Waals surface area contributed by atoms with Crippen LogP contribution in [0, 0.1) is 22.7 Å². The highest BCUT2D eigenvalue weighted by Crippen LogP contribution is 2.59. The predicted octanol–water partition coefficient (Wildman–Crippen LogP) is 4.75. The Balaban J connectivity index is 2.70. The molecule has 0 saturated heterocycles. The van der Waals surface area contributed by atoms with Crippen molar-refractivity contribution < 1.29 is 38.1 Å². The molecular formula is C29H44O8Si. The summed E-state index contributed by atoms with van der Waals surface area (Å²) in [6, 6.07) is 11.9. The summed E-state index contributed by atoms with van der Waals surface area (Å²) in [7, 11) is -1.91. The van der Waals surface area contributed by atoms with Crippen molar-refractivity contribution in [1.29, 1.82) is 0 Å². The summed E-state index contributed by atoms with van der Waals surface area (Å²) < 4.78 is 21.6. The molecule has 212 valence electrons. The maximum absolute atomic E-state index is 13.9. The largest absolute Gasteiger partial charge is 0.465 e. The molecule has 0 bridgehead atoms. The van der Waals surface area contributed by atoms with Crippen LogP contribution in [-0.2, 0) is 44.2 Å². The van der Waals surface area contributed by atoms with Crippen LogP contribution in [0.3, 0.4) is 0 Å². The highest BCUT2D eigenvalue weighted by molar-refractivity contribution is 6.76. The van der Waals surface area contributed by atoms with E-state index in [2.05, 4.69) is 25.2 Å². The first kappa shape index (κ1) is 31.5. The van der Waals surface area contributed by atoms with Gasteiger partial charge in [0.15, 0.2) is 10.8 Å². The maximum Gasteiger partial charge on any atom is 0.325 e. The van der Waals surface area contributed by atoms with Gasteiger partial charge in [-0.05, 0) is 58.4 Å². The quantitative estimate of drug-likeness (QED) is 0.160. The Morgan fingerprint density at radius 1 is 0.737 bits per heavy atom. The number of ether oxygens (including phenoxy) is 4. The highest BCUT2D eigenvalue weighted by Gasteiger charge is 2.75. The molecule has 0 heterocycles. The second-order valence-corrected chi connectivity index (χ2v) is 16.0. The fraction of sp³-hybridized carbons (Fsp3) is 0.655. The van der Waals surface area contributed by atoms with E-state index in [9.17, 15) is 19.2 Å². The van der Waals surface area contributed by atoms with Crippen LogP contribution in [0.2, 0.25) is 19.1 Å². The number of carbonyl (C=O) groups is 4. The zero-order chi connectivity index (χ0) is 28.6. The number of benzene rings is 1. The normalized spacial score (nSPS) is 20.2. The average Bonchev–Trinajstić information content (AvgIpc) is 2.85. The Hall–Kier alpha value is -2.68. The lowest BCUT2D eigenvalue weighted by Crippen LogP contribution is -2.66. The molecule has 8 nitrogen and oxygen atoms in total. The molecule has 9 heteroatoms. The van der Waals surface area contributed by atoms with Gasteiger partial charge >= 0.3 is 23.9 Å². The standard InChI is InChI=1S/C29H44O8Si/c1-8-34-24(30)28(25(31)35-9-2)17-21(5)23(20-38(6,7)19-22-15-13-12-14-16-22)18-29(28,26(32)36-10-3)27(33)37-11-4/h12-16,21,23H,8-11,17-20H2,1-7H3/t21-,23+/m1/s1. The van der Waals surface area contributed by atoms with E-state index in [0.717, 1.165) is 12.1 Å². The van der Waals surface area contributed by atoms with Crippen molar-refractivity contribution >= 4 is 32.0 Å². The van der Waals surface area contributed by atoms with Crippen LogP contribution in [0.1, 0.15) is 53.0 Å². The second kappa shape index (κ2) is 13.4. The van der Waals surface area contributed by atoms with E-state index in [1.165, 1.54) is 5.56 Å². The third-order valence-electron chi connectivity index (χ3n) is 7.57. The predicted molar refractivity (Wildman–Crippen MR) is 146 cm³/mol. The van der Waals surface area contributed by atoms with Crippen LogP contribution in [-0.4, -0.2) is 58.4 Å². The molecule has 1 aliphatic carbocycles. The Labute approximate surface area is 227 Å². The minimum absolute atomic E-state index is 0.0312. The smallest absolute Gasteiger partial charge is 0.325 e. The molecule has 0 spiro atoms. The first-order valence-corrected chi connectivity index (χ1v) is 17.1. The van der Waals surface area contributed by atoms with Gasteiger partial charge in [-0.3, -0.25) is 19.2 Å². The van der Waals surface area contributed by atoms with E-state index in [1.807, 2.05) is 25.1 Å². The molecule has 1 saturated carbocycles. The van der Waals surface area contributed by atoms with Crippen molar-refractivity contribution in [3.05, 3.63) is 35.9 Å². The molecule has 38 heavy (non-hydrogen) atoms. The summed E-state index contributed by atoms with van der Waals surface area (Å²) in [5.41, 5.74) is -3.19. The summed E-state index contributed by atoms with van der Waals surface area (Å²) in [4.78, 5) is 55.1. The van der Waals surface area contributed by atoms with Crippen molar-refractivity contribution in [2.24, 2.45) is 22.7 Å². The fourth-order valence-corrected chi connectivity index (χ4v) is 9.46. The van der Waals surface area contributed by atoms with Gasteiger partial charge in [-0.15, -0.1) is 0 Å². The lowest BCUT2D eigenvalue weighted by Gasteiger charge is -2.51. The van der Waals surface area contributed by atoms with Gasteiger partial charge < -0.3 is 18.9 Å². The molecule has 1 aromatic carbocycles. The van der Waals surface area contributed by atoms with Crippen molar-refractivity contribution in [2.45, 2.75) is 72.6 Å². The molecule has 0 unspecified atom stereocenters. The van der Waals surface area contributed by atoms with E-state index < -0.39 is 42.8 Å². The van der Waals surface area contributed by atoms with E-state index in [1.54, 1.807) is 27.7 Å². The Morgan fingerprint density at radius 3 is 1.53 bits per heavy atom. The monoisotopic (exact) mass is 548 g/mol. The molecule has 1 aliphatic rings. The van der Waals surface area contributed by atoms with Crippen molar-refractivity contribution in [3.8, 4) is 0 Å². The van der Waals surface area contributed by atoms with Crippen LogP contribution in [0.5, 0.6) is 0 Å². The van der Waals surface area contributed by atoms with Gasteiger partial charge in [-0.25, -0.2) is 0 Å². The molecule has 2 atom stereocenters. The molecule has 0 radical (unpaired) electrons. The Morgan fingerprint density at radius 2 is 1.13 bits per heavy atom. The van der Waals surface area contributed by atoms with Gasteiger partial charge in [0.2, 0.25) is 0 Å². The molecular weight excluding hydrogens is 504 g/mol. The van der Waals surface area contributed by atoms with Crippen LogP contribution in [0.25, 0.3) is 0 Å². The first-order chi connectivity index (χ1) is 17.9. The second-order valence-electron chi connectivity index (χ2n) is 10.9. The number of esters is 4. The van der Waals surface area contributed by atoms with Crippen LogP contribution in [0.4, 0.5) is 0 Å². The Bertz CT molecular complexity index is 938. The summed E-state index contributed by atoms with van der Waals surface area (Å²) >= 11 is 0. The number of hydrogen-bond donors (Lipinski definition) is 0. The van der Waals surface area contributed by atoms with Gasteiger partial charge in [0, 0.05) is 0 Å². The van der Waals surface area contributed by atoms with E-state index in [-0.39, 0.29) is 51.1 Å². The minimum atomic E-state index is -2.22. The zero-order valence-electron chi connectivity index (χ0n) is 24.0. The number of carbonyl (C=O) groups excluding carboxylic acids is 4. The third kappa shape index (κ3) is 6.30. The topological polar surface area (TPSA) is 105 Å². The number of rotatable bonds is 12. The van der Waals surface area contributed by atoms with Crippen LogP contribution >= 0.6 is 0 Å². The minimum Gasteiger partial charge on any atom is -0.465 e. The molecule has 0 aliphatic heterocycles. The zero-order valence-corrected chi connectivity index (χ0v) is 25.0. The lowest BCUT2D eigenvalue weighted by atomic mass is 9.51. The average molecular weight is 549 g/mol. The van der Waals surface area contributed by atoms with Crippen LogP contribution in [0.15, 0.2) is 30.3 Å². The van der Waals surface area contributed by atoms with Crippen molar-refractivity contribution in [3.63, 3.8) is 0 Å². The molecule has 2 rings (SSSR count). The Kier molecular flexibility index (Phi) is 11.1. The molecule has 1 fully saturated rings.